The first-order valence-electron chi connectivity index (χ1n) is 26.7. The maximum Gasteiger partial charge on any atom is 0.190 e. The Labute approximate surface area is 411 Å². The summed E-state index contributed by atoms with van der Waals surface area (Å²) in [5, 5.41) is 6.69. The van der Waals surface area contributed by atoms with Crippen molar-refractivity contribution in [1.82, 2.24) is 10.6 Å². The Balaban J connectivity index is 0.00000120. The predicted molar refractivity (Wildman–Crippen MR) is 275 cm³/mol. The molecule has 4 nitrogen and oxygen atoms in total. The SMILES string of the molecule is CCCCCCCCCCCCCCCCCCN/C=C1/C=CC=C(C(C)(C)C)C1=O.CCCCCCCCCCCCCCCCCCN/C=C1/C=CC=C(C(C)(C)C)C1=O.[Zr]. The Hall–Kier alpha value is -1.74. The monoisotopic (exact) mass is 949 g/mol. The summed E-state index contributed by atoms with van der Waals surface area (Å²) in [6.07, 6.45) is 60.2. The van der Waals surface area contributed by atoms with Gasteiger partial charge in [-0.05, 0) is 35.8 Å². The van der Waals surface area contributed by atoms with Crippen molar-refractivity contribution >= 4 is 11.6 Å². The van der Waals surface area contributed by atoms with E-state index in [1.54, 1.807) is 0 Å². The average Bonchev–Trinajstić information content (AvgIpc) is 3.23. The van der Waals surface area contributed by atoms with Gasteiger partial charge in [0.25, 0.3) is 0 Å². The number of carbonyl (C=O) groups is 2. The van der Waals surface area contributed by atoms with Crippen molar-refractivity contribution in [3.8, 4) is 0 Å². The third-order valence-corrected chi connectivity index (χ3v) is 12.6. The van der Waals surface area contributed by atoms with E-state index in [4.69, 9.17) is 0 Å². The maximum atomic E-state index is 12.6. The van der Waals surface area contributed by atoms with Crippen LogP contribution in [0, 0.1) is 10.8 Å². The van der Waals surface area contributed by atoms with Gasteiger partial charge in [0.1, 0.15) is 0 Å². The van der Waals surface area contributed by atoms with Gasteiger partial charge in [-0.3, -0.25) is 9.59 Å². The molecule has 0 amide bonds. The smallest absolute Gasteiger partial charge is 0.190 e. The summed E-state index contributed by atoms with van der Waals surface area (Å²) < 4.78 is 0. The van der Waals surface area contributed by atoms with Crippen LogP contribution in [0.1, 0.15) is 261 Å². The molecular weight excluding hydrogens is 848 g/mol. The van der Waals surface area contributed by atoms with Crippen LogP contribution in [0.3, 0.4) is 0 Å². The third-order valence-electron chi connectivity index (χ3n) is 12.6. The van der Waals surface area contributed by atoms with E-state index < -0.39 is 0 Å². The van der Waals surface area contributed by atoms with Crippen LogP contribution in [-0.4, -0.2) is 24.7 Å². The number of allylic oxidation sites excluding steroid dienone is 10. The van der Waals surface area contributed by atoms with Crippen molar-refractivity contribution in [3.63, 3.8) is 0 Å². The molecule has 0 aromatic heterocycles. The van der Waals surface area contributed by atoms with Gasteiger partial charge in [-0.1, -0.05) is 272 Å². The van der Waals surface area contributed by atoms with Crippen molar-refractivity contribution in [2.75, 3.05) is 13.1 Å². The van der Waals surface area contributed by atoms with Crippen LogP contribution in [0.2, 0.25) is 0 Å². The minimum Gasteiger partial charge on any atom is -0.390 e. The van der Waals surface area contributed by atoms with Crippen molar-refractivity contribution in [1.29, 1.82) is 0 Å². The van der Waals surface area contributed by atoms with Gasteiger partial charge in [0, 0.05) is 74.0 Å². The van der Waals surface area contributed by atoms with Crippen molar-refractivity contribution in [2.24, 2.45) is 10.8 Å². The number of ketones is 2. The molecule has 2 aliphatic rings. The van der Waals surface area contributed by atoms with Crippen LogP contribution in [0.5, 0.6) is 0 Å². The molecule has 5 heteroatoms. The first-order valence-corrected chi connectivity index (χ1v) is 26.7. The number of carbonyl (C=O) groups excluding carboxylic acids is 2. The summed E-state index contributed by atoms with van der Waals surface area (Å²) in [6, 6.07) is 0. The molecule has 2 N–H and O–H groups in total. The van der Waals surface area contributed by atoms with Crippen molar-refractivity contribution in [2.45, 2.75) is 261 Å². The van der Waals surface area contributed by atoms with Crippen LogP contribution in [-0.2, 0) is 35.8 Å². The van der Waals surface area contributed by atoms with E-state index in [-0.39, 0.29) is 48.6 Å². The molecule has 2 rings (SSSR count). The topological polar surface area (TPSA) is 58.2 Å². The zero-order valence-corrected chi connectivity index (χ0v) is 45.4. The number of unbranched alkanes of at least 4 members (excludes halogenated alkanes) is 30. The van der Waals surface area contributed by atoms with E-state index in [9.17, 15) is 9.59 Å². The molecule has 0 aromatic carbocycles. The number of Topliss-reactive ketones (excluding diaryl/α,β-unsaturated/α-hetero) is 2. The summed E-state index contributed by atoms with van der Waals surface area (Å²) in [5.41, 5.74) is 3.15. The van der Waals surface area contributed by atoms with Crippen LogP contribution >= 0.6 is 0 Å². The zero-order valence-electron chi connectivity index (χ0n) is 43.0. The minimum atomic E-state index is -0.102. The molecule has 0 unspecified atom stereocenters. The molecule has 0 heterocycles. The molecule has 0 aromatic rings. The second-order valence-corrected chi connectivity index (χ2v) is 20.8. The number of rotatable bonds is 36. The van der Waals surface area contributed by atoms with E-state index in [1.165, 1.54) is 205 Å². The van der Waals surface area contributed by atoms with E-state index in [1.807, 2.05) is 48.9 Å². The summed E-state index contributed by atoms with van der Waals surface area (Å²) in [5.74, 6) is 0.323. The van der Waals surface area contributed by atoms with Crippen LogP contribution in [0.4, 0.5) is 0 Å². The molecule has 0 radical (unpaired) electrons. The standard InChI is InChI=1S/2C29H51NO.Zr/c2*1-5-6-7-8-9-10-11-12-13-14-15-16-17-18-19-20-24-30-25-26-22-21-23-27(28(26)31)29(2,3)4;/h2*21-23,25,30H,5-20,24H2,1-4H3;/b2*26-25-;. The Bertz CT molecular complexity index is 1230. The van der Waals surface area contributed by atoms with Gasteiger partial charge in [0.2, 0.25) is 0 Å². The van der Waals surface area contributed by atoms with Gasteiger partial charge in [-0.15, -0.1) is 0 Å². The third kappa shape index (κ3) is 33.4. The average molecular weight is 951 g/mol. The van der Waals surface area contributed by atoms with Gasteiger partial charge in [-0.25, -0.2) is 0 Å². The fraction of sp³-hybridized carbons (Fsp3) is 0.759. The molecule has 0 saturated heterocycles. The summed E-state index contributed by atoms with van der Waals surface area (Å²) >= 11 is 0. The Morgan fingerprint density at radius 3 is 0.825 bits per heavy atom. The van der Waals surface area contributed by atoms with E-state index in [0.717, 1.165) is 35.4 Å². The van der Waals surface area contributed by atoms with E-state index in [0.29, 0.717) is 0 Å². The molecule has 360 valence electrons. The molecule has 0 bridgehead atoms. The molecule has 0 saturated carbocycles. The molecule has 0 spiro atoms. The van der Waals surface area contributed by atoms with Gasteiger partial charge in [0.05, 0.1) is 0 Å². The maximum absolute atomic E-state index is 12.6. The summed E-state index contributed by atoms with van der Waals surface area (Å²) in [7, 11) is 0. The fourth-order valence-corrected chi connectivity index (χ4v) is 8.43. The number of hydrogen-bond acceptors (Lipinski definition) is 4. The van der Waals surface area contributed by atoms with Crippen molar-refractivity contribution < 1.29 is 35.8 Å². The fourth-order valence-electron chi connectivity index (χ4n) is 8.43. The number of nitrogens with one attached hydrogen (secondary N) is 2. The first-order chi connectivity index (χ1) is 29.9. The van der Waals surface area contributed by atoms with Crippen molar-refractivity contribution in [3.05, 3.63) is 71.1 Å². The van der Waals surface area contributed by atoms with E-state index >= 15 is 0 Å². The normalized spacial score (nSPS) is 15.3. The Morgan fingerprint density at radius 2 is 0.603 bits per heavy atom. The van der Waals surface area contributed by atoms with Gasteiger partial charge in [-0.2, -0.15) is 0 Å². The second-order valence-electron chi connectivity index (χ2n) is 20.8. The van der Waals surface area contributed by atoms with Gasteiger partial charge < -0.3 is 10.6 Å². The zero-order chi connectivity index (χ0) is 45.6. The Kier molecular flexibility index (Phi) is 39.4. The predicted octanol–water partition coefficient (Wildman–Crippen LogP) is 17.7. The van der Waals surface area contributed by atoms with Gasteiger partial charge in [0.15, 0.2) is 11.6 Å². The number of hydrogen-bond donors (Lipinski definition) is 2. The largest absolute Gasteiger partial charge is 0.390 e. The molecule has 2 aliphatic carbocycles. The first kappa shape index (κ1) is 61.3. The molecule has 63 heavy (non-hydrogen) atoms. The summed E-state index contributed by atoms with van der Waals surface area (Å²) in [6.45, 7) is 19.1. The quantitative estimate of drug-likeness (QED) is 0.0485. The van der Waals surface area contributed by atoms with Crippen LogP contribution in [0.25, 0.3) is 0 Å². The summed E-state index contributed by atoms with van der Waals surface area (Å²) in [4.78, 5) is 25.1. The van der Waals surface area contributed by atoms with Gasteiger partial charge >= 0.3 is 0 Å². The molecule has 0 aliphatic heterocycles. The molecular formula is C58H102N2O2Zr. The van der Waals surface area contributed by atoms with Crippen LogP contribution < -0.4 is 10.6 Å². The minimum absolute atomic E-state index is 0. The van der Waals surface area contributed by atoms with E-state index in [2.05, 4.69) is 66.0 Å². The molecule has 0 atom stereocenters. The van der Waals surface area contributed by atoms with Crippen LogP contribution in [0.15, 0.2) is 71.1 Å². The Morgan fingerprint density at radius 1 is 0.381 bits per heavy atom. The second kappa shape index (κ2) is 40.5. The molecule has 0 fully saturated rings.